The summed E-state index contributed by atoms with van der Waals surface area (Å²) in [6, 6.07) is 20.1. The van der Waals surface area contributed by atoms with Crippen LogP contribution in [0, 0.1) is 5.41 Å². The summed E-state index contributed by atoms with van der Waals surface area (Å²) in [5, 5.41) is 6.23. The predicted molar refractivity (Wildman–Crippen MR) is 227 cm³/mol. The second-order valence-corrected chi connectivity index (χ2v) is 16.4. The third kappa shape index (κ3) is 13.0. The zero-order valence-electron chi connectivity index (χ0n) is 35.8. The van der Waals surface area contributed by atoms with Crippen LogP contribution in [0.1, 0.15) is 74.4 Å². The average molecular weight is 830 g/mol. The molecule has 0 aromatic heterocycles. The number of nitrogens with two attached hydrogens (primary N) is 1. The summed E-state index contributed by atoms with van der Waals surface area (Å²) in [7, 11) is 1.49. The van der Waals surface area contributed by atoms with Crippen LogP contribution >= 0.6 is 0 Å². The molecule has 1 aliphatic heterocycles. The van der Waals surface area contributed by atoms with E-state index in [0.29, 0.717) is 58.5 Å². The molecule has 0 saturated heterocycles. The molecule has 4 N–H and O–H groups in total. The van der Waals surface area contributed by atoms with E-state index < -0.39 is 41.4 Å². The number of amides is 4. The van der Waals surface area contributed by atoms with Crippen molar-refractivity contribution in [1.29, 1.82) is 0 Å². The summed E-state index contributed by atoms with van der Waals surface area (Å²) >= 11 is 0. The number of carbonyl (C=O) groups is 4. The number of ether oxygens (including phenoxy) is 5. The van der Waals surface area contributed by atoms with E-state index in [0.717, 1.165) is 41.5 Å². The summed E-state index contributed by atoms with van der Waals surface area (Å²) in [5.41, 5.74) is 9.54. The molecule has 14 nitrogen and oxygen atoms in total. The molecule has 4 amide bonds. The molecule has 2 unspecified atom stereocenters. The van der Waals surface area contributed by atoms with Crippen LogP contribution in [0.3, 0.4) is 0 Å². The van der Waals surface area contributed by atoms with Crippen molar-refractivity contribution in [1.82, 2.24) is 20.4 Å². The molecule has 0 fully saturated rings. The van der Waals surface area contributed by atoms with Crippen molar-refractivity contribution >= 4 is 23.8 Å². The molecule has 4 atom stereocenters. The Balaban J connectivity index is 1.28. The van der Waals surface area contributed by atoms with Gasteiger partial charge in [0, 0.05) is 26.6 Å². The molecule has 326 valence electrons. The second-order valence-electron chi connectivity index (χ2n) is 16.4. The summed E-state index contributed by atoms with van der Waals surface area (Å²) in [4.78, 5) is 58.9. The summed E-state index contributed by atoms with van der Waals surface area (Å²) in [5.74, 6) is -0.578. The lowest BCUT2D eigenvalue weighted by Gasteiger charge is -2.42. The van der Waals surface area contributed by atoms with Gasteiger partial charge in [-0.3, -0.25) is 19.3 Å². The first-order valence-corrected chi connectivity index (χ1v) is 21.0. The lowest BCUT2D eigenvalue weighted by Crippen LogP contribution is -2.62. The van der Waals surface area contributed by atoms with E-state index >= 15 is 0 Å². The zero-order valence-corrected chi connectivity index (χ0v) is 35.8. The average Bonchev–Trinajstić information content (AvgIpc) is 3.25. The first kappa shape index (κ1) is 46.1. The van der Waals surface area contributed by atoms with Gasteiger partial charge in [0.25, 0.3) is 0 Å². The fraction of sp³-hybridized carbons (Fsp3) is 0.522. The Morgan fingerprint density at radius 1 is 0.850 bits per heavy atom. The van der Waals surface area contributed by atoms with Gasteiger partial charge in [0.05, 0.1) is 45.7 Å². The topological polar surface area (TPSA) is 171 Å². The molecule has 5 rings (SSSR count). The number of aryl methyl sites for hydroxylation is 1. The van der Waals surface area contributed by atoms with E-state index in [-0.39, 0.29) is 31.5 Å². The van der Waals surface area contributed by atoms with Gasteiger partial charge in [0.2, 0.25) is 17.7 Å². The van der Waals surface area contributed by atoms with Crippen molar-refractivity contribution in [3.63, 3.8) is 0 Å². The highest BCUT2D eigenvalue weighted by atomic mass is 16.6. The molecule has 1 aliphatic carbocycles. The smallest absolute Gasteiger partial charge is 0.410 e. The van der Waals surface area contributed by atoms with E-state index in [1.165, 1.54) is 17.5 Å². The van der Waals surface area contributed by atoms with Crippen LogP contribution in [0.25, 0.3) is 0 Å². The molecule has 0 radical (unpaired) electrons. The van der Waals surface area contributed by atoms with Crippen molar-refractivity contribution < 1.29 is 42.9 Å². The van der Waals surface area contributed by atoms with Gasteiger partial charge < -0.3 is 45.0 Å². The fourth-order valence-electron chi connectivity index (χ4n) is 7.36. The summed E-state index contributed by atoms with van der Waals surface area (Å²) in [6.45, 7) is 10.8. The maximum absolute atomic E-state index is 14.9. The highest BCUT2D eigenvalue weighted by molar-refractivity contribution is 5.94. The molecule has 2 aliphatic rings. The Bertz CT molecular complexity index is 1870. The second kappa shape index (κ2) is 22.5. The number of fused-ring (bicyclic) bond motifs is 2. The normalized spacial score (nSPS) is 17.1. The molecule has 14 heteroatoms. The molecule has 3 aromatic rings. The maximum atomic E-state index is 14.9. The predicted octanol–water partition coefficient (Wildman–Crippen LogP) is 4.71. The Morgan fingerprint density at radius 2 is 1.52 bits per heavy atom. The molecular formula is C46H63N5O9. The maximum Gasteiger partial charge on any atom is 0.410 e. The standard InChI is InChI=1S/C46H63N5O9/c1-32(50(5)45(55)60-31-33-12-7-6-8-13-33)42(52)49-41(46(2,3)4)44(54)51-30-36-28-37(59-27-26-58-25-24-57-23-22-56-21-20-47)19-18-35(36)29-40(51)43(53)48-39-17-11-15-34-14-9-10-16-38(34)39/h6-10,12-14,16,18-19,28,32,39-41H,11,15,17,20-27,29-31,47H2,1-5H3,(H,48,53)(H,49,52)/t32?,39-,40+,41?/m1/s1. The third-order valence-corrected chi connectivity index (χ3v) is 10.9. The van der Waals surface area contributed by atoms with E-state index in [1.807, 2.05) is 81.4 Å². The number of nitrogens with zero attached hydrogens (tertiary/aromatic N) is 2. The van der Waals surface area contributed by atoms with Crippen LogP contribution < -0.4 is 21.1 Å². The van der Waals surface area contributed by atoms with Crippen molar-refractivity contribution in [2.45, 2.75) is 90.7 Å². The van der Waals surface area contributed by atoms with Crippen molar-refractivity contribution in [3.05, 3.63) is 101 Å². The largest absolute Gasteiger partial charge is 0.491 e. The SMILES string of the molecule is CC(C(=O)NC(C(=O)N1Cc2cc(OCCOCCOCCOCCN)ccc2C[C@H]1C(=O)N[C@@H]1CCCc2ccccc21)C(C)(C)C)N(C)C(=O)OCc1ccccc1. The number of likely N-dealkylation sites (N-methyl/N-ethyl adjacent to an activating group) is 1. The van der Waals surface area contributed by atoms with E-state index in [2.05, 4.69) is 22.8 Å². The van der Waals surface area contributed by atoms with Crippen LogP contribution in [0.5, 0.6) is 5.75 Å². The van der Waals surface area contributed by atoms with Crippen LogP contribution in [0.15, 0.2) is 72.8 Å². The Labute approximate surface area is 354 Å². The highest BCUT2D eigenvalue weighted by Crippen LogP contribution is 2.33. The molecule has 3 aromatic carbocycles. The molecular weight excluding hydrogens is 767 g/mol. The van der Waals surface area contributed by atoms with Gasteiger partial charge in [-0.15, -0.1) is 0 Å². The minimum atomic E-state index is -1.03. The number of hydrogen-bond donors (Lipinski definition) is 3. The monoisotopic (exact) mass is 829 g/mol. The molecule has 1 heterocycles. The Hall–Kier alpha value is -5.02. The van der Waals surface area contributed by atoms with Gasteiger partial charge >= 0.3 is 6.09 Å². The van der Waals surface area contributed by atoms with Crippen molar-refractivity contribution in [3.8, 4) is 5.75 Å². The van der Waals surface area contributed by atoms with Gasteiger partial charge in [0.15, 0.2) is 0 Å². The van der Waals surface area contributed by atoms with E-state index in [4.69, 9.17) is 29.4 Å². The Kier molecular flexibility index (Phi) is 17.3. The van der Waals surface area contributed by atoms with Crippen molar-refractivity contribution in [2.24, 2.45) is 11.1 Å². The minimum absolute atomic E-state index is 0.0524. The van der Waals surface area contributed by atoms with Gasteiger partial charge in [-0.1, -0.05) is 81.4 Å². The van der Waals surface area contributed by atoms with Gasteiger partial charge in [-0.25, -0.2) is 4.79 Å². The van der Waals surface area contributed by atoms with Crippen LogP contribution in [0.4, 0.5) is 4.79 Å². The molecule has 0 spiro atoms. The number of nitrogens with one attached hydrogen (secondary N) is 2. The quantitative estimate of drug-likeness (QED) is 0.136. The van der Waals surface area contributed by atoms with E-state index in [1.54, 1.807) is 11.8 Å². The van der Waals surface area contributed by atoms with Crippen LogP contribution in [-0.4, -0.2) is 112 Å². The Morgan fingerprint density at radius 3 is 2.22 bits per heavy atom. The fourth-order valence-corrected chi connectivity index (χ4v) is 7.36. The minimum Gasteiger partial charge on any atom is -0.491 e. The van der Waals surface area contributed by atoms with Crippen molar-refractivity contribution in [2.75, 3.05) is 59.8 Å². The first-order chi connectivity index (χ1) is 28.9. The highest BCUT2D eigenvalue weighted by Gasteiger charge is 2.43. The molecule has 60 heavy (non-hydrogen) atoms. The summed E-state index contributed by atoms with van der Waals surface area (Å²) in [6.07, 6.45) is 2.29. The van der Waals surface area contributed by atoms with Crippen LogP contribution in [0.2, 0.25) is 0 Å². The molecule has 0 saturated carbocycles. The number of rotatable bonds is 20. The van der Waals surface area contributed by atoms with Gasteiger partial charge in [0.1, 0.15) is 37.1 Å². The van der Waals surface area contributed by atoms with Crippen LogP contribution in [-0.2, 0) is 59.3 Å². The molecule has 0 bridgehead atoms. The van der Waals surface area contributed by atoms with Gasteiger partial charge in [-0.2, -0.15) is 0 Å². The first-order valence-electron chi connectivity index (χ1n) is 21.0. The van der Waals surface area contributed by atoms with E-state index in [9.17, 15) is 19.2 Å². The zero-order chi connectivity index (χ0) is 43.1. The van der Waals surface area contributed by atoms with Gasteiger partial charge in [-0.05, 0) is 71.6 Å². The lowest BCUT2D eigenvalue weighted by molar-refractivity contribution is -0.147. The number of benzene rings is 3. The number of carbonyl (C=O) groups excluding carboxylic acids is 4. The lowest BCUT2D eigenvalue weighted by atomic mass is 9.83. The number of hydrogen-bond acceptors (Lipinski definition) is 10. The third-order valence-electron chi connectivity index (χ3n) is 10.9. The summed E-state index contributed by atoms with van der Waals surface area (Å²) < 4.78 is 28.0.